The summed E-state index contributed by atoms with van der Waals surface area (Å²) in [5.41, 5.74) is 3.73. The highest BCUT2D eigenvalue weighted by atomic mass is 35.5. The van der Waals surface area contributed by atoms with E-state index in [1.165, 1.54) is 0 Å². The number of fused-ring (bicyclic) bond motifs is 1. The van der Waals surface area contributed by atoms with E-state index in [1.807, 2.05) is 27.7 Å². The molecule has 1 aliphatic heterocycles. The summed E-state index contributed by atoms with van der Waals surface area (Å²) in [7, 11) is 0. The van der Waals surface area contributed by atoms with Crippen LogP contribution in [-0.4, -0.2) is 23.0 Å². The van der Waals surface area contributed by atoms with Crippen LogP contribution in [0.5, 0.6) is 5.75 Å². The molecule has 0 radical (unpaired) electrons. The van der Waals surface area contributed by atoms with Crippen LogP contribution in [0.15, 0.2) is 0 Å². The van der Waals surface area contributed by atoms with Gasteiger partial charge in [0, 0.05) is 31.2 Å². The summed E-state index contributed by atoms with van der Waals surface area (Å²) in [5.74, 6) is -1.54. The van der Waals surface area contributed by atoms with Gasteiger partial charge in [0.2, 0.25) is 0 Å². The molecule has 1 heterocycles. The number of ether oxygens (including phenoxy) is 1. The highest BCUT2D eigenvalue weighted by Gasteiger charge is 2.42. The number of hydrogen-bond acceptors (Lipinski definition) is 4. The lowest BCUT2D eigenvalue weighted by Gasteiger charge is -2.29. The molecule has 5 heteroatoms. The highest BCUT2D eigenvalue weighted by molar-refractivity contribution is 6.33. The molecule has 0 saturated heterocycles. The van der Waals surface area contributed by atoms with Crippen molar-refractivity contribution in [2.45, 2.75) is 71.8 Å². The van der Waals surface area contributed by atoms with Gasteiger partial charge in [-0.25, -0.2) is 0 Å². The van der Waals surface area contributed by atoms with Crippen molar-refractivity contribution in [1.82, 2.24) is 0 Å². The maximum atomic E-state index is 12.5. The molecule has 1 aromatic carbocycles. The number of carbonyl (C=O) groups excluding carboxylic acids is 3. The van der Waals surface area contributed by atoms with Gasteiger partial charge in [-0.15, -0.1) is 0 Å². The Bertz CT molecular complexity index is 804. The Hall–Kier alpha value is -1.68. The Balaban J connectivity index is 2.02. The zero-order valence-electron chi connectivity index (χ0n) is 16.0. The number of Topliss-reactive ketones (excluding diaryl/α,β-unsaturated/α-hetero) is 3. The monoisotopic (exact) mass is 376 g/mol. The van der Waals surface area contributed by atoms with E-state index in [-0.39, 0.29) is 48.1 Å². The third-order valence-corrected chi connectivity index (χ3v) is 6.10. The van der Waals surface area contributed by atoms with Crippen molar-refractivity contribution in [3.05, 3.63) is 27.3 Å². The van der Waals surface area contributed by atoms with E-state index in [9.17, 15) is 14.4 Å². The lowest BCUT2D eigenvalue weighted by molar-refractivity contribution is -0.142. The van der Waals surface area contributed by atoms with Crippen molar-refractivity contribution < 1.29 is 19.1 Å². The van der Waals surface area contributed by atoms with E-state index in [4.69, 9.17) is 16.3 Å². The zero-order valence-corrected chi connectivity index (χ0v) is 16.8. The first kappa shape index (κ1) is 19.1. The standard InChI is InChI=1S/C21H25ClO4/c1-6-14(23)18-15(24)7-12(8-16(18)25)17-11(3)10(2)13-9-21(4,5)26-20(13)19(17)22/h12,18H,6-9H2,1-5H3. The molecule has 0 spiro atoms. The summed E-state index contributed by atoms with van der Waals surface area (Å²) in [6, 6.07) is 0. The van der Waals surface area contributed by atoms with Crippen LogP contribution in [0.25, 0.3) is 0 Å². The smallest absolute Gasteiger partial charge is 0.151 e. The molecular weight excluding hydrogens is 352 g/mol. The van der Waals surface area contributed by atoms with Gasteiger partial charge in [-0.3, -0.25) is 14.4 Å². The van der Waals surface area contributed by atoms with Crippen LogP contribution < -0.4 is 4.74 Å². The first-order valence-electron chi connectivity index (χ1n) is 9.16. The number of rotatable bonds is 3. The van der Waals surface area contributed by atoms with Crippen LogP contribution in [0.2, 0.25) is 5.02 Å². The van der Waals surface area contributed by atoms with E-state index in [2.05, 4.69) is 0 Å². The predicted molar refractivity (Wildman–Crippen MR) is 100 cm³/mol. The molecule has 3 rings (SSSR count). The van der Waals surface area contributed by atoms with Crippen molar-refractivity contribution in [2.24, 2.45) is 5.92 Å². The number of carbonyl (C=O) groups is 3. The zero-order chi connectivity index (χ0) is 19.4. The fourth-order valence-electron chi connectivity index (χ4n) is 4.30. The highest BCUT2D eigenvalue weighted by Crippen LogP contribution is 2.49. The summed E-state index contributed by atoms with van der Waals surface area (Å²) in [6.45, 7) is 9.74. The quantitative estimate of drug-likeness (QED) is 0.738. The molecule has 4 nitrogen and oxygen atoms in total. The average molecular weight is 377 g/mol. The van der Waals surface area contributed by atoms with Gasteiger partial charge in [0.1, 0.15) is 17.3 Å². The largest absolute Gasteiger partial charge is 0.486 e. The van der Waals surface area contributed by atoms with E-state index in [1.54, 1.807) is 6.92 Å². The van der Waals surface area contributed by atoms with Gasteiger partial charge in [0.15, 0.2) is 17.3 Å². The molecule has 0 atom stereocenters. The summed E-state index contributed by atoms with van der Waals surface area (Å²) in [5, 5.41) is 0.513. The molecule has 0 N–H and O–H groups in total. The first-order valence-corrected chi connectivity index (χ1v) is 9.53. The molecular formula is C21H25ClO4. The van der Waals surface area contributed by atoms with Crippen LogP contribution >= 0.6 is 11.6 Å². The van der Waals surface area contributed by atoms with Crippen LogP contribution in [0.1, 0.15) is 68.2 Å². The van der Waals surface area contributed by atoms with Crippen molar-refractivity contribution >= 4 is 29.0 Å². The van der Waals surface area contributed by atoms with Crippen LogP contribution in [0.4, 0.5) is 0 Å². The fourth-order valence-corrected chi connectivity index (χ4v) is 4.75. The third kappa shape index (κ3) is 2.98. The molecule has 1 saturated carbocycles. The lowest BCUT2D eigenvalue weighted by atomic mass is 9.73. The van der Waals surface area contributed by atoms with Crippen molar-refractivity contribution in [3.63, 3.8) is 0 Å². The average Bonchev–Trinajstić information content (AvgIpc) is 2.88. The molecule has 26 heavy (non-hydrogen) atoms. The Morgan fingerprint density at radius 2 is 1.73 bits per heavy atom. The summed E-state index contributed by atoms with van der Waals surface area (Å²) < 4.78 is 6.07. The van der Waals surface area contributed by atoms with Gasteiger partial charge in [-0.2, -0.15) is 0 Å². The Morgan fingerprint density at radius 3 is 2.27 bits per heavy atom. The van der Waals surface area contributed by atoms with Gasteiger partial charge < -0.3 is 4.74 Å². The number of halogens is 1. The Morgan fingerprint density at radius 1 is 1.15 bits per heavy atom. The minimum Gasteiger partial charge on any atom is -0.486 e. The second kappa shape index (κ2) is 6.49. The van der Waals surface area contributed by atoms with Gasteiger partial charge in [0.25, 0.3) is 0 Å². The normalized spacial score (nSPS) is 24.4. The molecule has 1 aromatic rings. The topological polar surface area (TPSA) is 60.4 Å². The van der Waals surface area contributed by atoms with Crippen molar-refractivity contribution in [1.29, 1.82) is 0 Å². The van der Waals surface area contributed by atoms with Crippen LogP contribution in [0, 0.1) is 19.8 Å². The molecule has 2 aliphatic rings. The van der Waals surface area contributed by atoms with Gasteiger partial charge in [0.05, 0.1) is 5.02 Å². The third-order valence-electron chi connectivity index (χ3n) is 5.73. The molecule has 1 fully saturated rings. The van der Waals surface area contributed by atoms with Gasteiger partial charge in [-0.1, -0.05) is 18.5 Å². The second-order valence-corrected chi connectivity index (χ2v) is 8.49. The molecule has 0 amide bonds. The van der Waals surface area contributed by atoms with E-state index >= 15 is 0 Å². The van der Waals surface area contributed by atoms with Gasteiger partial charge >= 0.3 is 0 Å². The number of benzene rings is 1. The molecule has 140 valence electrons. The second-order valence-electron chi connectivity index (χ2n) is 8.11. The maximum absolute atomic E-state index is 12.5. The molecule has 0 unspecified atom stereocenters. The summed E-state index contributed by atoms with van der Waals surface area (Å²) in [4.78, 5) is 37.0. The van der Waals surface area contributed by atoms with Crippen LogP contribution in [0.3, 0.4) is 0 Å². The van der Waals surface area contributed by atoms with E-state index in [0.717, 1.165) is 28.7 Å². The Labute approximate surface area is 159 Å². The predicted octanol–water partition coefficient (Wildman–Crippen LogP) is 4.28. The number of ketones is 3. The molecule has 0 aromatic heterocycles. The molecule has 0 bridgehead atoms. The summed E-state index contributed by atoms with van der Waals surface area (Å²) >= 11 is 6.70. The van der Waals surface area contributed by atoms with Crippen molar-refractivity contribution in [2.75, 3.05) is 0 Å². The SMILES string of the molecule is CCC(=O)C1C(=O)CC(c2c(C)c(C)c3c(c2Cl)OC(C)(C)C3)CC1=O. The minimum atomic E-state index is -1.08. The van der Waals surface area contributed by atoms with Crippen LogP contribution in [-0.2, 0) is 20.8 Å². The molecule has 1 aliphatic carbocycles. The maximum Gasteiger partial charge on any atom is 0.151 e. The van der Waals surface area contributed by atoms with E-state index in [0.29, 0.717) is 10.8 Å². The van der Waals surface area contributed by atoms with Gasteiger partial charge in [-0.05, 0) is 50.3 Å². The number of hydrogen-bond donors (Lipinski definition) is 0. The van der Waals surface area contributed by atoms with Crippen molar-refractivity contribution in [3.8, 4) is 5.75 Å². The minimum absolute atomic E-state index is 0.171. The van der Waals surface area contributed by atoms with E-state index < -0.39 is 5.92 Å². The lowest BCUT2D eigenvalue weighted by Crippen LogP contribution is -2.38. The Kier molecular flexibility index (Phi) is 4.76. The summed E-state index contributed by atoms with van der Waals surface area (Å²) in [6.07, 6.45) is 1.33. The first-order chi connectivity index (χ1) is 12.1. The fraction of sp³-hybridized carbons (Fsp3) is 0.571.